The zero-order valence-electron chi connectivity index (χ0n) is 13.2. The Hall–Kier alpha value is -3.42. The van der Waals surface area contributed by atoms with Crippen LogP contribution in [0.5, 0.6) is 0 Å². The van der Waals surface area contributed by atoms with Gasteiger partial charge in [-0.3, -0.25) is 4.79 Å². The molecule has 0 unspecified atom stereocenters. The van der Waals surface area contributed by atoms with Crippen LogP contribution in [0.25, 0.3) is 10.9 Å². The first-order valence-electron chi connectivity index (χ1n) is 7.44. The molecule has 1 heterocycles. The fraction of sp³-hybridized carbons (Fsp3) is 0.0556. The van der Waals surface area contributed by atoms with Crippen LogP contribution in [-0.2, 0) is 6.18 Å². The van der Waals surface area contributed by atoms with Gasteiger partial charge in [0.1, 0.15) is 0 Å². The Kier molecular flexibility index (Phi) is 4.57. The number of para-hydroxylation sites is 1. The SMILES string of the molecule is O=C(Nc1ccc(C(F)(F)F)cc1)c1cccc2ccc(C=NO)nc12. The summed E-state index contributed by atoms with van der Waals surface area (Å²) < 4.78 is 37.8. The smallest absolute Gasteiger partial charge is 0.411 e. The van der Waals surface area contributed by atoms with Gasteiger partial charge in [-0.1, -0.05) is 23.4 Å². The fourth-order valence-electron chi connectivity index (χ4n) is 2.42. The van der Waals surface area contributed by atoms with Crippen LogP contribution < -0.4 is 5.32 Å². The first-order valence-corrected chi connectivity index (χ1v) is 7.44. The molecule has 8 heteroatoms. The molecular formula is C18H12F3N3O2. The van der Waals surface area contributed by atoms with Crippen molar-refractivity contribution in [2.45, 2.75) is 6.18 Å². The predicted octanol–water partition coefficient (Wildman–Crippen LogP) is 4.31. The summed E-state index contributed by atoms with van der Waals surface area (Å²) in [5, 5.41) is 14.8. The molecule has 5 nitrogen and oxygen atoms in total. The van der Waals surface area contributed by atoms with E-state index in [9.17, 15) is 18.0 Å². The number of aromatic nitrogens is 1. The lowest BCUT2D eigenvalue weighted by Gasteiger charge is -2.10. The molecule has 3 aromatic rings. The molecule has 0 spiro atoms. The number of nitrogens with one attached hydrogen (secondary N) is 1. The van der Waals surface area contributed by atoms with Crippen molar-refractivity contribution < 1.29 is 23.2 Å². The van der Waals surface area contributed by atoms with E-state index in [2.05, 4.69) is 15.5 Å². The lowest BCUT2D eigenvalue weighted by molar-refractivity contribution is -0.137. The van der Waals surface area contributed by atoms with Crippen molar-refractivity contribution in [2.75, 3.05) is 5.32 Å². The highest BCUT2D eigenvalue weighted by atomic mass is 19.4. The third kappa shape index (κ3) is 3.64. The van der Waals surface area contributed by atoms with Crippen molar-refractivity contribution in [1.29, 1.82) is 0 Å². The second-order valence-electron chi connectivity index (χ2n) is 5.39. The predicted molar refractivity (Wildman–Crippen MR) is 90.5 cm³/mol. The lowest BCUT2D eigenvalue weighted by atomic mass is 10.1. The molecule has 3 rings (SSSR count). The first-order chi connectivity index (χ1) is 12.4. The summed E-state index contributed by atoms with van der Waals surface area (Å²) in [6.07, 6.45) is -3.31. The maximum atomic E-state index is 12.6. The van der Waals surface area contributed by atoms with Gasteiger partial charge in [0.05, 0.1) is 28.6 Å². The van der Waals surface area contributed by atoms with Crippen molar-refractivity contribution in [3.8, 4) is 0 Å². The van der Waals surface area contributed by atoms with E-state index in [-0.39, 0.29) is 11.3 Å². The van der Waals surface area contributed by atoms with E-state index in [1.807, 2.05) is 0 Å². The molecule has 0 bridgehead atoms. The normalized spacial score (nSPS) is 11.8. The van der Waals surface area contributed by atoms with Crippen LogP contribution in [-0.4, -0.2) is 22.3 Å². The number of fused-ring (bicyclic) bond motifs is 1. The number of benzene rings is 2. The van der Waals surface area contributed by atoms with Gasteiger partial charge in [-0.25, -0.2) is 4.98 Å². The van der Waals surface area contributed by atoms with Crippen LogP contribution in [0.15, 0.2) is 59.8 Å². The summed E-state index contributed by atoms with van der Waals surface area (Å²) in [6.45, 7) is 0. The van der Waals surface area contributed by atoms with E-state index >= 15 is 0 Å². The number of carbonyl (C=O) groups is 1. The molecule has 0 saturated carbocycles. The number of hydrogen-bond donors (Lipinski definition) is 2. The van der Waals surface area contributed by atoms with Gasteiger partial charge in [-0.15, -0.1) is 0 Å². The van der Waals surface area contributed by atoms with Gasteiger partial charge < -0.3 is 10.5 Å². The van der Waals surface area contributed by atoms with E-state index in [1.165, 1.54) is 12.1 Å². The van der Waals surface area contributed by atoms with Crippen molar-refractivity contribution in [3.63, 3.8) is 0 Å². The third-order valence-corrected chi connectivity index (χ3v) is 3.65. The first kappa shape index (κ1) is 17.4. The Morgan fingerprint density at radius 2 is 1.81 bits per heavy atom. The zero-order chi connectivity index (χ0) is 18.7. The number of anilines is 1. The van der Waals surface area contributed by atoms with Crippen molar-refractivity contribution in [1.82, 2.24) is 4.98 Å². The zero-order valence-corrected chi connectivity index (χ0v) is 13.2. The second-order valence-corrected chi connectivity index (χ2v) is 5.39. The average Bonchev–Trinajstić information content (AvgIpc) is 2.61. The van der Waals surface area contributed by atoms with Crippen LogP contribution in [0.2, 0.25) is 0 Å². The molecule has 1 amide bonds. The Labute approximate surface area is 145 Å². The number of rotatable bonds is 3. The average molecular weight is 359 g/mol. The molecule has 0 fully saturated rings. The van der Waals surface area contributed by atoms with Gasteiger partial charge in [-0.05, 0) is 36.4 Å². The highest BCUT2D eigenvalue weighted by molar-refractivity contribution is 6.12. The van der Waals surface area contributed by atoms with Gasteiger partial charge >= 0.3 is 6.18 Å². The second kappa shape index (κ2) is 6.83. The Bertz CT molecular complexity index is 983. The summed E-state index contributed by atoms with van der Waals surface area (Å²) in [6, 6.07) is 12.5. The fourth-order valence-corrected chi connectivity index (χ4v) is 2.42. The molecule has 2 N–H and O–H groups in total. The molecular weight excluding hydrogens is 347 g/mol. The maximum Gasteiger partial charge on any atom is 0.416 e. The number of amides is 1. The Balaban J connectivity index is 1.91. The number of oxime groups is 1. The molecule has 0 saturated heterocycles. The van der Waals surface area contributed by atoms with Crippen LogP contribution in [0, 0.1) is 0 Å². The van der Waals surface area contributed by atoms with Crippen LogP contribution in [0.1, 0.15) is 21.6 Å². The quantitative estimate of drug-likeness (QED) is 0.416. The summed E-state index contributed by atoms with van der Waals surface area (Å²) in [7, 11) is 0. The minimum Gasteiger partial charge on any atom is -0.411 e. The molecule has 132 valence electrons. The molecule has 0 aliphatic heterocycles. The minimum absolute atomic E-state index is 0.230. The van der Waals surface area contributed by atoms with Gasteiger partial charge in [0.2, 0.25) is 0 Å². The largest absolute Gasteiger partial charge is 0.416 e. The van der Waals surface area contributed by atoms with Gasteiger partial charge in [0.15, 0.2) is 0 Å². The van der Waals surface area contributed by atoms with E-state index in [4.69, 9.17) is 5.21 Å². The van der Waals surface area contributed by atoms with E-state index < -0.39 is 17.6 Å². The number of halogens is 3. The molecule has 0 atom stereocenters. The summed E-state index contributed by atoms with van der Waals surface area (Å²) in [5.74, 6) is -0.513. The molecule has 0 aliphatic carbocycles. The van der Waals surface area contributed by atoms with E-state index in [0.717, 1.165) is 18.3 Å². The Morgan fingerprint density at radius 3 is 2.46 bits per heavy atom. The topological polar surface area (TPSA) is 74.6 Å². The Morgan fingerprint density at radius 1 is 1.08 bits per heavy atom. The summed E-state index contributed by atoms with van der Waals surface area (Å²) in [5.41, 5.74) is 0.419. The van der Waals surface area contributed by atoms with Crippen LogP contribution in [0.3, 0.4) is 0 Å². The molecule has 0 radical (unpaired) electrons. The highest BCUT2D eigenvalue weighted by Gasteiger charge is 2.30. The third-order valence-electron chi connectivity index (χ3n) is 3.65. The minimum atomic E-state index is -4.44. The van der Waals surface area contributed by atoms with Gasteiger partial charge in [0, 0.05) is 11.1 Å². The number of nitrogens with zero attached hydrogens (tertiary/aromatic N) is 2. The highest BCUT2D eigenvalue weighted by Crippen LogP contribution is 2.30. The molecule has 2 aromatic carbocycles. The molecule has 1 aromatic heterocycles. The monoisotopic (exact) mass is 359 g/mol. The van der Waals surface area contributed by atoms with Crippen molar-refractivity contribution >= 4 is 28.7 Å². The van der Waals surface area contributed by atoms with Crippen molar-refractivity contribution in [3.05, 3.63) is 71.4 Å². The van der Waals surface area contributed by atoms with Gasteiger partial charge in [-0.2, -0.15) is 13.2 Å². The maximum absolute atomic E-state index is 12.6. The van der Waals surface area contributed by atoms with E-state index in [0.29, 0.717) is 16.6 Å². The number of hydrogen-bond acceptors (Lipinski definition) is 4. The number of carbonyl (C=O) groups excluding carboxylic acids is 1. The standard InChI is InChI=1S/C18H12F3N3O2/c19-18(20,21)12-5-8-13(9-6-12)24-17(25)15-3-1-2-11-4-7-14(10-22-26)23-16(11)15/h1-10,26H,(H,24,25). The summed E-state index contributed by atoms with van der Waals surface area (Å²) in [4.78, 5) is 16.8. The van der Waals surface area contributed by atoms with Crippen molar-refractivity contribution in [2.24, 2.45) is 5.16 Å². The number of pyridine rings is 1. The number of alkyl halides is 3. The van der Waals surface area contributed by atoms with E-state index in [1.54, 1.807) is 30.3 Å². The summed E-state index contributed by atoms with van der Waals surface area (Å²) >= 11 is 0. The van der Waals surface area contributed by atoms with Gasteiger partial charge in [0.25, 0.3) is 5.91 Å². The van der Waals surface area contributed by atoms with Crippen LogP contribution in [0.4, 0.5) is 18.9 Å². The molecule has 26 heavy (non-hydrogen) atoms. The molecule has 0 aliphatic rings. The lowest BCUT2D eigenvalue weighted by Crippen LogP contribution is -2.13. The van der Waals surface area contributed by atoms with Crippen LogP contribution >= 0.6 is 0 Å².